The van der Waals surface area contributed by atoms with Gasteiger partial charge in [-0.05, 0) is 45.1 Å². The lowest BCUT2D eigenvalue weighted by Crippen LogP contribution is -2.47. The molecule has 0 bridgehead atoms. The van der Waals surface area contributed by atoms with E-state index in [1.807, 2.05) is 29.7 Å². The highest BCUT2D eigenvalue weighted by atomic mass is 19.1. The first-order chi connectivity index (χ1) is 14.4. The Morgan fingerprint density at radius 3 is 2.87 bits per heavy atom. The Kier molecular flexibility index (Phi) is 7.42. The van der Waals surface area contributed by atoms with Crippen molar-refractivity contribution in [2.45, 2.75) is 65.2 Å². The Hall–Kier alpha value is -2.48. The minimum atomic E-state index is -0.173. The molecule has 2 heterocycles. The molecular weight excluding hydrogens is 381 g/mol. The number of nitrogens with zero attached hydrogens (tertiary/aromatic N) is 5. The molecule has 1 aliphatic heterocycles. The summed E-state index contributed by atoms with van der Waals surface area (Å²) in [6, 6.07) is 5.48. The lowest BCUT2D eigenvalue weighted by atomic mass is 10.1. The summed E-state index contributed by atoms with van der Waals surface area (Å²) < 4.78 is 16.1. The zero-order valence-corrected chi connectivity index (χ0v) is 18.7. The van der Waals surface area contributed by atoms with Gasteiger partial charge in [-0.3, -0.25) is 0 Å². The summed E-state index contributed by atoms with van der Waals surface area (Å²) >= 11 is 0. The number of aromatic nitrogens is 3. The number of fused-ring (bicyclic) bond motifs is 1. The van der Waals surface area contributed by atoms with Crippen molar-refractivity contribution in [1.82, 2.24) is 30.3 Å². The van der Waals surface area contributed by atoms with E-state index in [9.17, 15) is 4.39 Å². The molecule has 0 saturated carbocycles. The molecule has 164 valence electrons. The Morgan fingerprint density at radius 2 is 2.17 bits per heavy atom. The van der Waals surface area contributed by atoms with E-state index < -0.39 is 0 Å². The summed E-state index contributed by atoms with van der Waals surface area (Å²) in [4.78, 5) is 11.3. The van der Waals surface area contributed by atoms with Crippen LogP contribution in [-0.2, 0) is 26.1 Å². The minimum absolute atomic E-state index is 0.173. The molecule has 0 spiro atoms. The summed E-state index contributed by atoms with van der Waals surface area (Å²) in [5.74, 6) is 2.91. The van der Waals surface area contributed by atoms with Crippen molar-refractivity contribution in [2.24, 2.45) is 4.99 Å². The van der Waals surface area contributed by atoms with Gasteiger partial charge in [-0.1, -0.05) is 19.9 Å². The van der Waals surface area contributed by atoms with Gasteiger partial charge < -0.3 is 15.5 Å². The molecule has 0 fully saturated rings. The highest BCUT2D eigenvalue weighted by Crippen LogP contribution is 2.17. The molecule has 8 heteroatoms. The monoisotopic (exact) mass is 415 g/mol. The molecule has 7 nitrogen and oxygen atoms in total. The van der Waals surface area contributed by atoms with Crippen LogP contribution in [0.5, 0.6) is 0 Å². The van der Waals surface area contributed by atoms with Crippen LogP contribution in [0.1, 0.15) is 55.9 Å². The van der Waals surface area contributed by atoms with Crippen LogP contribution in [0, 0.1) is 5.82 Å². The van der Waals surface area contributed by atoms with Crippen molar-refractivity contribution in [3.8, 4) is 0 Å². The molecule has 0 amide bonds. The molecular formula is C22H34FN7. The SMILES string of the molecule is CCNC(=NCc1ccc(F)c(CN(C)C)c1)NC1CCc2nc(C(C)C)nn2C1. The van der Waals surface area contributed by atoms with Crippen LogP contribution in [0.4, 0.5) is 4.39 Å². The van der Waals surface area contributed by atoms with Gasteiger partial charge in [0, 0.05) is 37.0 Å². The van der Waals surface area contributed by atoms with E-state index >= 15 is 0 Å². The number of halogens is 1. The van der Waals surface area contributed by atoms with E-state index in [2.05, 4.69) is 41.5 Å². The second-order valence-electron chi connectivity index (χ2n) is 8.46. The quantitative estimate of drug-likeness (QED) is 0.537. The number of hydrogen-bond donors (Lipinski definition) is 2. The van der Waals surface area contributed by atoms with Crippen molar-refractivity contribution in [3.63, 3.8) is 0 Å². The summed E-state index contributed by atoms with van der Waals surface area (Å²) in [6.07, 6.45) is 1.90. The molecule has 30 heavy (non-hydrogen) atoms. The lowest BCUT2D eigenvalue weighted by Gasteiger charge is -2.25. The Labute approximate surface area is 178 Å². The number of hydrogen-bond acceptors (Lipinski definition) is 4. The topological polar surface area (TPSA) is 70.4 Å². The van der Waals surface area contributed by atoms with Gasteiger partial charge in [0.05, 0.1) is 13.1 Å². The smallest absolute Gasteiger partial charge is 0.191 e. The van der Waals surface area contributed by atoms with E-state index in [1.165, 1.54) is 6.07 Å². The van der Waals surface area contributed by atoms with Gasteiger partial charge >= 0.3 is 0 Å². The normalized spacial score (nSPS) is 16.8. The summed E-state index contributed by atoms with van der Waals surface area (Å²) in [6.45, 7) is 8.91. The van der Waals surface area contributed by atoms with E-state index in [0.717, 1.165) is 49.1 Å². The Morgan fingerprint density at radius 1 is 1.37 bits per heavy atom. The molecule has 2 N–H and O–H groups in total. The molecule has 2 aromatic rings. The van der Waals surface area contributed by atoms with Gasteiger partial charge in [-0.2, -0.15) is 5.10 Å². The molecule has 1 atom stereocenters. The van der Waals surface area contributed by atoms with E-state index in [1.54, 1.807) is 6.07 Å². The number of aryl methyl sites for hydroxylation is 1. The van der Waals surface area contributed by atoms with Crippen LogP contribution in [0.3, 0.4) is 0 Å². The zero-order valence-electron chi connectivity index (χ0n) is 18.7. The third kappa shape index (κ3) is 5.78. The number of guanidine groups is 1. The number of benzene rings is 1. The predicted octanol–water partition coefficient (Wildman–Crippen LogP) is 2.67. The van der Waals surface area contributed by atoms with Crippen LogP contribution >= 0.6 is 0 Å². The van der Waals surface area contributed by atoms with Gasteiger partial charge in [-0.25, -0.2) is 19.0 Å². The highest BCUT2D eigenvalue weighted by Gasteiger charge is 2.23. The first-order valence-corrected chi connectivity index (χ1v) is 10.8. The maximum Gasteiger partial charge on any atom is 0.191 e. The van der Waals surface area contributed by atoms with Gasteiger partial charge in [0.15, 0.2) is 11.8 Å². The van der Waals surface area contributed by atoms with Crippen LogP contribution in [-0.4, -0.2) is 52.3 Å². The average Bonchev–Trinajstić information content (AvgIpc) is 3.12. The molecule has 1 aromatic heterocycles. The molecule has 1 unspecified atom stereocenters. The summed E-state index contributed by atoms with van der Waals surface area (Å²) in [5.41, 5.74) is 1.69. The van der Waals surface area contributed by atoms with E-state index in [4.69, 9.17) is 4.99 Å². The number of nitrogens with one attached hydrogen (secondary N) is 2. The Balaban J connectivity index is 1.66. The summed E-state index contributed by atoms with van der Waals surface area (Å²) in [5, 5.41) is 11.5. The lowest BCUT2D eigenvalue weighted by molar-refractivity contribution is 0.391. The van der Waals surface area contributed by atoms with Crippen molar-refractivity contribution in [1.29, 1.82) is 0 Å². The fraction of sp³-hybridized carbons (Fsp3) is 0.591. The third-order valence-corrected chi connectivity index (χ3v) is 5.09. The third-order valence-electron chi connectivity index (χ3n) is 5.09. The maximum absolute atomic E-state index is 14.0. The van der Waals surface area contributed by atoms with Crippen LogP contribution < -0.4 is 10.6 Å². The molecule has 0 radical (unpaired) electrons. The van der Waals surface area contributed by atoms with Crippen LogP contribution in [0.15, 0.2) is 23.2 Å². The second-order valence-corrected chi connectivity index (χ2v) is 8.46. The maximum atomic E-state index is 14.0. The fourth-order valence-electron chi connectivity index (χ4n) is 3.56. The van der Waals surface area contributed by atoms with Gasteiger partial charge in [0.1, 0.15) is 11.6 Å². The molecule has 1 aliphatic rings. The van der Waals surface area contributed by atoms with Crippen LogP contribution in [0.2, 0.25) is 0 Å². The Bertz CT molecular complexity index is 872. The van der Waals surface area contributed by atoms with Crippen molar-refractivity contribution in [2.75, 3.05) is 20.6 Å². The number of aliphatic imine (C=N–C) groups is 1. The first kappa shape index (κ1) is 22.2. The zero-order chi connectivity index (χ0) is 21.7. The van der Waals surface area contributed by atoms with Gasteiger partial charge in [-0.15, -0.1) is 0 Å². The fourth-order valence-corrected chi connectivity index (χ4v) is 3.56. The van der Waals surface area contributed by atoms with E-state index in [-0.39, 0.29) is 11.9 Å². The predicted molar refractivity (Wildman–Crippen MR) is 118 cm³/mol. The van der Waals surface area contributed by atoms with Crippen LogP contribution in [0.25, 0.3) is 0 Å². The largest absolute Gasteiger partial charge is 0.357 e. The van der Waals surface area contributed by atoms with Crippen molar-refractivity contribution >= 4 is 5.96 Å². The van der Waals surface area contributed by atoms with Crippen molar-refractivity contribution < 1.29 is 4.39 Å². The molecule has 1 aromatic carbocycles. The molecule has 0 aliphatic carbocycles. The van der Waals surface area contributed by atoms with Crippen molar-refractivity contribution in [3.05, 3.63) is 46.8 Å². The minimum Gasteiger partial charge on any atom is -0.357 e. The van der Waals surface area contributed by atoms with E-state index in [0.29, 0.717) is 24.6 Å². The number of rotatable bonds is 7. The highest BCUT2D eigenvalue weighted by molar-refractivity contribution is 5.80. The standard InChI is InChI=1S/C22H34FN7/c1-6-24-22(25-12-16-7-9-19(23)17(11-16)13-29(4)5)26-18-8-10-20-27-21(15(2)3)28-30(20)14-18/h7,9,11,15,18H,6,8,10,12-14H2,1-5H3,(H2,24,25,26). The van der Waals surface area contributed by atoms with Gasteiger partial charge in [0.2, 0.25) is 0 Å². The summed E-state index contributed by atoms with van der Waals surface area (Å²) in [7, 11) is 3.87. The second kappa shape index (κ2) is 10.0. The first-order valence-electron chi connectivity index (χ1n) is 10.8. The molecule has 0 saturated heterocycles. The average molecular weight is 416 g/mol. The molecule has 3 rings (SSSR count). The van der Waals surface area contributed by atoms with Gasteiger partial charge in [0.25, 0.3) is 0 Å².